The quantitative estimate of drug-likeness (QED) is 0.453. The van der Waals surface area contributed by atoms with Crippen molar-refractivity contribution in [3.63, 3.8) is 0 Å². The zero-order valence-electron chi connectivity index (χ0n) is 19.6. The molecule has 1 aromatic heterocycles. The number of amides is 2. The Morgan fingerprint density at radius 3 is 2.26 bits per heavy atom. The summed E-state index contributed by atoms with van der Waals surface area (Å²) in [4.78, 5) is 37.3. The lowest BCUT2D eigenvalue weighted by Crippen LogP contribution is -2.58. The van der Waals surface area contributed by atoms with Gasteiger partial charge in [-0.2, -0.15) is 5.10 Å². The van der Waals surface area contributed by atoms with Gasteiger partial charge in [-0.05, 0) is 29.2 Å². The number of hydrogen-bond donors (Lipinski definition) is 3. The number of aryl methyl sites for hydroxylation is 1. The summed E-state index contributed by atoms with van der Waals surface area (Å²) in [5, 5.41) is 18.3. The minimum atomic E-state index is -1.54. The average Bonchev–Trinajstić information content (AvgIpc) is 3.35. The summed E-state index contributed by atoms with van der Waals surface area (Å²) < 4.78 is 11.9. The maximum Gasteiger partial charge on any atom is 0.408 e. The van der Waals surface area contributed by atoms with Gasteiger partial charge in [0.1, 0.15) is 23.5 Å². The van der Waals surface area contributed by atoms with E-state index in [9.17, 15) is 19.5 Å². The second kappa shape index (κ2) is 9.59. The Balaban J connectivity index is 1.47. The van der Waals surface area contributed by atoms with E-state index < -0.39 is 23.5 Å². The number of aromatic nitrogens is 2. The first kappa shape index (κ1) is 24.0. The summed E-state index contributed by atoms with van der Waals surface area (Å²) in [6.07, 6.45) is 0.329. The highest BCUT2D eigenvalue weighted by atomic mass is 16.5. The van der Waals surface area contributed by atoms with Crippen LogP contribution in [-0.2, 0) is 21.3 Å². The number of carboxylic acid groups (broad SMARTS) is 1. The van der Waals surface area contributed by atoms with E-state index >= 15 is 0 Å². The molecule has 1 heterocycles. The lowest BCUT2D eigenvalue weighted by Gasteiger charge is -2.28. The van der Waals surface area contributed by atoms with Crippen LogP contribution in [0.5, 0.6) is 0 Å². The maximum atomic E-state index is 13.1. The molecule has 0 bridgehead atoms. The molecule has 2 aromatic carbocycles. The molecular weight excluding hydrogens is 452 g/mol. The summed E-state index contributed by atoms with van der Waals surface area (Å²) >= 11 is 0. The maximum absolute atomic E-state index is 13.1. The van der Waals surface area contributed by atoms with Crippen molar-refractivity contribution in [3.05, 3.63) is 71.4 Å². The van der Waals surface area contributed by atoms with E-state index in [1.807, 2.05) is 48.5 Å². The Kier molecular flexibility index (Phi) is 6.57. The first-order valence-corrected chi connectivity index (χ1v) is 10.9. The molecule has 0 aliphatic heterocycles. The van der Waals surface area contributed by atoms with Gasteiger partial charge < -0.3 is 25.2 Å². The fraction of sp³-hybridized carbons (Fsp3) is 0.280. The lowest BCUT2D eigenvalue weighted by atomic mass is 9.98. The number of carboxylic acids is 1. The number of aromatic carboxylic acids is 1. The zero-order valence-corrected chi connectivity index (χ0v) is 19.6. The second-order valence-corrected chi connectivity index (χ2v) is 8.51. The molecule has 1 aliphatic carbocycles. The molecule has 1 atom stereocenters. The van der Waals surface area contributed by atoms with E-state index in [1.54, 1.807) is 0 Å². The number of rotatable bonds is 8. The molecule has 182 valence electrons. The molecule has 0 spiro atoms. The van der Waals surface area contributed by atoms with E-state index in [4.69, 9.17) is 9.47 Å². The number of carbonyl (C=O) groups excluding carboxylic acids is 2. The van der Waals surface area contributed by atoms with Gasteiger partial charge in [0, 0.05) is 20.1 Å². The number of hydrogen-bond acceptors (Lipinski definition) is 6. The van der Waals surface area contributed by atoms with Gasteiger partial charge in [-0.1, -0.05) is 48.5 Å². The summed E-state index contributed by atoms with van der Waals surface area (Å²) in [7, 11) is 2.88. The van der Waals surface area contributed by atoms with Crippen molar-refractivity contribution in [3.8, 4) is 11.1 Å². The molecule has 4 rings (SSSR count). The normalized spacial score (nSPS) is 13.9. The van der Waals surface area contributed by atoms with E-state index in [-0.39, 0.29) is 30.5 Å². The number of anilines is 1. The molecule has 3 N–H and O–H groups in total. The molecule has 0 fully saturated rings. The van der Waals surface area contributed by atoms with E-state index in [0.29, 0.717) is 0 Å². The molecule has 0 saturated heterocycles. The van der Waals surface area contributed by atoms with Crippen LogP contribution in [0.1, 0.15) is 34.3 Å². The number of carbonyl (C=O) groups is 3. The molecule has 0 saturated carbocycles. The zero-order chi connectivity index (χ0) is 25.2. The number of fused-ring (bicyclic) bond motifs is 3. The minimum absolute atomic E-state index is 0.0147. The van der Waals surface area contributed by atoms with Crippen LogP contribution in [0.3, 0.4) is 0 Å². The van der Waals surface area contributed by atoms with Crippen LogP contribution in [0.25, 0.3) is 11.1 Å². The van der Waals surface area contributed by atoms with Gasteiger partial charge >= 0.3 is 12.1 Å². The predicted molar refractivity (Wildman–Crippen MR) is 127 cm³/mol. The van der Waals surface area contributed by atoms with Crippen LogP contribution in [0.4, 0.5) is 10.6 Å². The third-order valence-electron chi connectivity index (χ3n) is 6.06. The fourth-order valence-corrected chi connectivity index (χ4v) is 4.29. The van der Waals surface area contributed by atoms with E-state index in [0.717, 1.165) is 28.5 Å². The van der Waals surface area contributed by atoms with Crippen molar-refractivity contribution in [2.45, 2.75) is 18.4 Å². The Bertz CT molecular complexity index is 1240. The number of nitrogens with one attached hydrogen (secondary N) is 2. The Morgan fingerprint density at radius 1 is 1.09 bits per heavy atom. The third kappa shape index (κ3) is 4.60. The van der Waals surface area contributed by atoms with Crippen LogP contribution in [0.2, 0.25) is 0 Å². The summed E-state index contributed by atoms with van der Waals surface area (Å²) in [5.41, 5.74) is 2.61. The summed E-state index contributed by atoms with van der Waals surface area (Å²) in [6, 6.07) is 15.9. The number of nitrogens with zero attached hydrogens (tertiary/aromatic N) is 2. The lowest BCUT2D eigenvalue weighted by molar-refractivity contribution is -0.123. The predicted octanol–water partition coefficient (Wildman–Crippen LogP) is 3.00. The molecule has 2 amide bonds. The van der Waals surface area contributed by atoms with Crippen molar-refractivity contribution < 1.29 is 29.0 Å². The summed E-state index contributed by atoms with van der Waals surface area (Å²) in [6.45, 7) is 1.36. The highest BCUT2D eigenvalue weighted by Gasteiger charge is 2.38. The largest absolute Gasteiger partial charge is 0.477 e. The smallest absolute Gasteiger partial charge is 0.408 e. The molecule has 10 heteroatoms. The molecule has 1 aliphatic rings. The Morgan fingerprint density at radius 2 is 1.69 bits per heavy atom. The fourth-order valence-electron chi connectivity index (χ4n) is 4.29. The van der Waals surface area contributed by atoms with Gasteiger partial charge in [0.15, 0.2) is 0 Å². The first-order valence-electron chi connectivity index (χ1n) is 10.9. The van der Waals surface area contributed by atoms with Crippen LogP contribution in [-0.4, -0.2) is 58.7 Å². The van der Waals surface area contributed by atoms with Crippen LogP contribution < -0.4 is 10.6 Å². The van der Waals surface area contributed by atoms with Crippen LogP contribution >= 0.6 is 0 Å². The molecule has 1 unspecified atom stereocenters. The molecule has 0 radical (unpaired) electrons. The standard InChI is InChI=1S/C25H26N4O6/c1-25(14-34-3,23(32)27-21-19(22(30)31)12-26-29(21)2)28-24(33)35-13-20-17-10-6-4-8-15(17)16-9-5-7-11-18(16)20/h4-12,20H,13-14H2,1-3H3,(H,27,32)(H,28,33)(H,30,31). The van der Waals surface area contributed by atoms with Gasteiger partial charge in [0.05, 0.1) is 12.8 Å². The highest BCUT2D eigenvalue weighted by Crippen LogP contribution is 2.44. The number of methoxy groups -OCH3 is 1. The first-order chi connectivity index (χ1) is 16.7. The topological polar surface area (TPSA) is 132 Å². The number of ether oxygens (including phenoxy) is 2. The van der Waals surface area contributed by atoms with Gasteiger partial charge in [-0.3, -0.25) is 9.48 Å². The molecule has 10 nitrogen and oxygen atoms in total. The average molecular weight is 479 g/mol. The number of benzene rings is 2. The van der Waals surface area contributed by atoms with Crippen molar-refractivity contribution in [1.82, 2.24) is 15.1 Å². The van der Waals surface area contributed by atoms with Gasteiger partial charge in [0.2, 0.25) is 0 Å². The Hall–Kier alpha value is -4.18. The van der Waals surface area contributed by atoms with Crippen molar-refractivity contribution in [2.75, 3.05) is 25.6 Å². The number of alkyl carbamates (subject to hydrolysis) is 1. The van der Waals surface area contributed by atoms with E-state index in [1.165, 1.54) is 25.8 Å². The van der Waals surface area contributed by atoms with Crippen molar-refractivity contribution in [2.24, 2.45) is 7.05 Å². The highest BCUT2D eigenvalue weighted by molar-refractivity contribution is 6.03. The van der Waals surface area contributed by atoms with Gasteiger partial charge in [-0.25, -0.2) is 9.59 Å². The van der Waals surface area contributed by atoms with Crippen molar-refractivity contribution >= 4 is 23.8 Å². The van der Waals surface area contributed by atoms with Gasteiger partial charge in [0.25, 0.3) is 5.91 Å². The molecular formula is C25H26N4O6. The van der Waals surface area contributed by atoms with Crippen LogP contribution in [0.15, 0.2) is 54.7 Å². The summed E-state index contributed by atoms with van der Waals surface area (Å²) in [5.74, 6) is -2.08. The van der Waals surface area contributed by atoms with Crippen molar-refractivity contribution in [1.29, 1.82) is 0 Å². The van der Waals surface area contributed by atoms with Gasteiger partial charge in [-0.15, -0.1) is 0 Å². The van der Waals surface area contributed by atoms with Crippen LogP contribution in [0, 0.1) is 0 Å². The third-order valence-corrected chi connectivity index (χ3v) is 6.06. The Labute approximate surface area is 201 Å². The molecule has 35 heavy (non-hydrogen) atoms. The second-order valence-electron chi connectivity index (χ2n) is 8.51. The minimum Gasteiger partial charge on any atom is -0.477 e. The SMILES string of the molecule is COCC(C)(NC(=O)OCC1c2ccccc2-c2ccccc21)C(=O)Nc1c(C(=O)O)cnn1C. The monoisotopic (exact) mass is 478 g/mol. The molecule has 3 aromatic rings. The van der Waals surface area contributed by atoms with E-state index in [2.05, 4.69) is 15.7 Å².